The molecule has 80 valence electrons. The van der Waals surface area contributed by atoms with E-state index < -0.39 is 0 Å². The first-order chi connectivity index (χ1) is 7.20. The van der Waals surface area contributed by atoms with Gasteiger partial charge in [0, 0.05) is 20.6 Å². The van der Waals surface area contributed by atoms with Gasteiger partial charge in [-0.3, -0.25) is 0 Å². The highest BCUT2D eigenvalue weighted by Gasteiger charge is 2.42. The van der Waals surface area contributed by atoms with Crippen LogP contribution in [0.1, 0.15) is 0 Å². The molecule has 1 saturated heterocycles. The monoisotopic (exact) mass is 223 g/mol. The zero-order chi connectivity index (χ0) is 10.6. The highest BCUT2D eigenvalue weighted by atomic mass is 35.5. The lowest BCUT2D eigenvalue weighted by molar-refractivity contribution is 0.634. The number of fused-ring (bicyclic) bond motifs is 1. The van der Waals surface area contributed by atoms with Crippen molar-refractivity contribution in [1.82, 2.24) is 5.32 Å². The minimum Gasteiger partial charge on any atom is -0.351 e. The van der Waals surface area contributed by atoms with Crippen molar-refractivity contribution in [1.29, 1.82) is 0 Å². The number of nitrogens with one attached hydrogen (secondary N) is 1. The Morgan fingerprint density at radius 2 is 2.07 bits per heavy atom. The smallest absolute Gasteiger partial charge is 0.118 e. The molecule has 1 N–H and O–H groups in total. The molecule has 0 bridgehead atoms. The zero-order valence-electron chi connectivity index (χ0n) is 8.87. The molecule has 15 heavy (non-hydrogen) atoms. The highest BCUT2D eigenvalue weighted by Crippen LogP contribution is 2.43. The second-order valence-corrected chi connectivity index (χ2v) is 4.66. The summed E-state index contributed by atoms with van der Waals surface area (Å²) in [6.45, 7) is 1.10. The van der Waals surface area contributed by atoms with Crippen molar-refractivity contribution >= 4 is 23.0 Å². The number of para-hydroxylation sites is 1. The third-order valence-electron chi connectivity index (χ3n) is 3.29. The third-order valence-corrected chi connectivity index (χ3v) is 3.60. The molecule has 0 aliphatic carbocycles. The molecule has 0 radical (unpaired) electrons. The van der Waals surface area contributed by atoms with E-state index in [-0.39, 0.29) is 0 Å². The minimum atomic E-state index is 0.403. The topological polar surface area (TPSA) is 28.4 Å². The van der Waals surface area contributed by atoms with Crippen LogP contribution in [0, 0.1) is 0 Å². The molecule has 2 unspecified atom stereocenters. The van der Waals surface area contributed by atoms with Gasteiger partial charge < -0.3 is 15.1 Å². The second-order valence-electron chi connectivity index (χ2n) is 4.26. The Bertz CT molecular complexity index is 403. The maximum absolute atomic E-state index is 6.23. The van der Waals surface area contributed by atoms with Crippen LogP contribution < -0.4 is 15.1 Å². The predicted molar refractivity (Wildman–Crippen MR) is 63.8 cm³/mol. The summed E-state index contributed by atoms with van der Waals surface area (Å²) in [5, 5.41) is 4.20. The van der Waals surface area contributed by atoms with E-state index in [9.17, 15) is 0 Å². The molecule has 3 rings (SSSR count). The molecule has 1 fully saturated rings. The van der Waals surface area contributed by atoms with E-state index in [0.717, 1.165) is 17.3 Å². The second kappa shape index (κ2) is 3.03. The van der Waals surface area contributed by atoms with Crippen molar-refractivity contribution in [2.45, 2.75) is 12.2 Å². The van der Waals surface area contributed by atoms with Crippen LogP contribution in [-0.4, -0.2) is 32.8 Å². The fraction of sp³-hybridized carbons (Fsp3) is 0.455. The molecular weight excluding hydrogens is 210 g/mol. The molecule has 1 aromatic carbocycles. The van der Waals surface area contributed by atoms with Gasteiger partial charge in [0.15, 0.2) is 0 Å². The number of nitrogens with zero attached hydrogens (tertiary/aromatic N) is 2. The zero-order valence-corrected chi connectivity index (χ0v) is 9.62. The van der Waals surface area contributed by atoms with Crippen LogP contribution in [0.2, 0.25) is 5.02 Å². The van der Waals surface area contributed by atoms with Crippen LogP contribution in [0.3, 0.4) is 0 Å². The summed E-state index contributed by atoms with van der Waals surface area (Å²) in [7, 11) is 4.24. The SMILES string of the molecule is CN1c2cccc(Cl)c2N(C)C1C1CN1. The number of hydrogen-bond acceptors (Lipinski definition) is 3. The van der Waals surface area contributed by atoms with E-state index >= 15 is 0 Å². The Hall–Kier alpha value is -0.930. The Labute approximate surface area is 94.6 Å². The van der Waals surface area contributed by atoms with Crippen LogP contribution >= 0.6 is 11.6 Å². The van der Waals surface area contributed by atoms with Gasteiger partial charge in [-0.2, -0.15) is 0 Å². The quantitative estimate of drug-likeness (QED) is 0.732. The standard InChI is InChI=1S/C11H14ClN3/c1-14-9-5-3-4-7(12)10(9)15(2)11(14)8-6-13-8/h3-5,8,11,13H,6H2,1-2H3. The van der Waals surface area contributed by atoms with Gasteiger partial charge in [-0.05, 0) is 12.1 Å². The molecule has 4 heteroatoms. The van der Waals surface area contributed by atoms with Crippen LogP contribution in [0.4, 0.5) is 11.4 Å². The molecule has 0 spiro atoms. The number of hydrogen-bond donors (Lipinski definition) is 1. The van der Waals surface area contributed by atoms with Gasteiger partial charge in [-0.1, -0.05) is 17.7 Å². The maximum Gasteiger partial charge on any atom is 0.118 e. The van der Waals surface area contributed by atoms with Crippen LogP contribution in [0.15, 0.2) is 18.2 Å². The summed E-state index contributed by atoms with van der Waals surface area (Å²) in [5.41, 5.74) is 2.38. The first-order valence-corrected chi connectivity index (χ1v) is 5.55. The fourth-order valence-electron chi connectivity index (χ4n) is 2.49. The third kappa shape index (κ3) is 1.23. The molecular formula is C11H14ClN3. The van der Waals surface area contributed by atoms with E-state index in [2.05, 4.69) is 35.3 Å². The molecule has 0 aromatic heterocycles. The lowest BCUT2D eigenvalue weighted by atomic mass is 10.2. The Morgan fingerprint density at radius 1 is 1.33 bits per heavy atom. The molecule has 0 amide bonds. The van der Waals surface area contributed by atoms with Gasteiger partial charge in [0.25, 0.3) is 0 Å². The van der Waals surface area contributed by atoms with Gasteiger partial charge >= 0.3 is 0 Å². The summed E-state index contributed by atoms with van der Waals surface area (Å²) in [6.07, 6.45) is 0.403. The van der Waals surface area contributed by atoms with E-state index in [4.69, 9.17) is 11.6 Å². The van der Waals surface area contributed by atoms with Gasteiger partial charge in [0.05, 0.1) is 22.4 Å². The van der Waals surface area contributed by atoms with Crippen molar-refractivity contribution < 1.29 is 0 Å². The number of likely N-dealkylation sites (N-methyl/N-ethyl adjacent to an activating group) is 2. The molecule has 1 aromatic rings. The number of halogens is 1. The fourth-order valence-corrected chi connectivity index (χ4v) is 2.79. The number of rotatable bonds is 1. The lowest BCUT2D eigenvalue weighted by Crippen LogP contribution is -2.44. The van der Waals surface area contributed by atoms with Gasteiger partial charge in [0.1, 0.15) is 6.17 Å². The van der Waals surface area contributed by atoms with Crippen molar-refractivity contribution in [3.8, 4) is 0 Å². The molecule has 0 saturated carbocycles. The normalized spacial score (nSPS) is 28.2. The summed E-state index contributed by atoms with van der Waals surface area (Å²) in [5.74, 6) is 0. The van der Waals surface area contributed by atoms with Crippen molar-refractivity contribution in [3.63, 3.8) is 0 Å². The number of anilines is 2. The summed E-state index contributed by atoms with van der Waals surface area (Å²) in [6, 6.07) is 6.66. The Balaban J connectivity index is 2.08. The molecule has 2 aliphatic rings. The first kappa shape index (κ1) is 9.31. The number of benzene rings is 1. The first-order valence-electron chi connectivity index (χ1n) is 5.17. The molecule has 2 aliphatic heterocycles. The Kier molecular flexibility index (Phi) is 1.88. The average molecular weight is 224 g/mol. The van der Waals surface area contributed by atoms with Gasteiger partial charge in [0.2, 0.25) is 0 Å². The van der Waals surface area contributed by atoms with E-state index in [1.807, 2.05) is 12.1 Å². The predicted octanol–water partition coefficient (Wildman–Crippen LogP) is 1.52. The van der Waals surface area contributed by atoms with Crippen molar-refractivity contribution in [2.24, 2.45) is 0 Å². The molecule has 3 nitrogen and oxygen atoms in total. The van der Waals surface area contributed by atoms with E-state index in [1.54, 1.807) is 0 Å². The van der Waals surface area contributed by atoms with E-state index in [0.29, 0.717) is 12.2 Å². The maximum atomic E-state index is 6.23. The van der Waals surface area contributed by atoms with Crippen LogP contribution in [0.5, 0.6) is 0 Å². The highest BCUT2D eigenvalue weighted by molar-refractivity contribution is 6.34. The molecule has 2 atom stereocenters. The Morgan fingerprint density at radius 3 is 2.67 bits per heavy atom. The van der Waals surface area contributed by atoms with Crippen LogP contribution in [0.25, 0.3) is 0 Å². The van der Waals surface area contributed by atoms with Crippen molar-refractivity contribution in [3.05, 3.63) is 23.2 Å². The van der Waals surface area contributed by atoms with Crippen molar-refractivity contribution in [2.75, 3.05) is 30.4 Å². The summed E-state index contributed by atoms with van der Waals surface area (Å²) >= 11 is 6.23. The van der Waals surface area contributed by atoms with E-state index in [1.165, 1.54) is 5.69 Å². The largest absolute Gasteiger partial charge is 0.351 e. The summed E-state index contributed by atoms with van der Waals surface area (Å²) < 4.78 is 0. The minimum absolute atomic E-state index is 0.403. The summed E-state index contributed by atoms with van der Waals surface area (Å²) in [4.78, 5) is 4.56. The van der Waals surface area contributed by atoms with Gasteiger partial charge in [-0.25, -0.2) is 0 Å². The van der Waals surface area contributed by atoms with Gasteiger partial charge in [-0.15, -0.1) is 0 Å². The lowest BCUT2D eigenvalue weighted by Gasteiger charge is -2.27. The van der Waals surface area contributed by atoms with Crippen LogP contribution in [-0.2, 0) is 0 Å². The molecule has 2 heterocycles. The average Bonchev–Trinajstić information content (AvgIpc) is 2.98.